The van der Waals surface area contributed by atoms with E-state index in [-0.39, 0.29) is 11.8 Å². The fraction of sp³-hybridized carbons (Fsp3) is 0.261. The van der Waals surface area contributed by atoms with E-state index in [1.165, 1.54) is 0 Å². The number of carbonyl (C=O) groups excluding carboxylic acids is 3. The van der Waals surface area contributed by atoms with Crippen LogP contribution in [0.5, 0.6) is 0 Å². The highest BCUT2D eigenvalue weighted by Crippen LogP contribution is 2.30. The van der Waals surface area contributed by atoms with Gasteiger partial charge in [-0.15, -0.1) is 0 Å². The summed E-state index contributed by atoms with van der Waals surface area (Å²) >= 11 is 0. The molecule has 5 N–H and O–H groups in total. The largest absolute Gasteiger partial charge is 0.361 e. The number of primary amides is 1. The molecule has 1 aliphatic heterocycles. The Morgan fingerprint density at radius 2 is 2.00 bits per heavy atom. The Hall–Kier alpha value is -3.81. The van der Waals surface area contributed by atoms with Crippen LogP contribution in [0, 0.1) is 0 Å². The summed E-state index contributed by atoms with van der Waals surface area (Å²) in [4.78, 5) is 41.3. The summed E-state index contributed by atoms with van der Waals surface area (Å²) in [5.41, 5.74) is 9.70. The fourth-order valence-corrected chi connectivity index (χ4v) is 4.13. The normalized spacial score (nSPS) is 14.0. The maximum atomic E-state index is 13.0. The summed E-state index contributed by atoms with van der Waals surface area (Å²) in [6.07, 6.45) is 3.84. The standard InChI is InChI=1S/C23H25N5O3/c1-14(29)28-10-4-5-15-11-17(8-9-21(15)28)26-22(30)20(27-23(24)31)12-16-13-25-19-7-3-2-6-18(16)19/h2-3,6-9,11,13,20,25H,4-5,10,12H2,1H3,(H,26,30)(H3,24,27,31). The molecule has 8 heteroatoms. The monoisotopic (exact) mass is 419 g/mol. The highest BCUT2D eigenvalue weighted by molar-refractivity contribution is 5.98. The second-order valence-electron chi connectivity index (χ2n) is 7.73. The summed E-state index contributed by atoms with van der Waals surface area (Å²) in [6.45, 7) is 2.25. The Kier molecular flexibility index (Phi) is 5.62. The molecule has 31 heavy (non-hydrogen) atoms. The van der Waals surface area contributed by atoms with Crippen LogP contribution in [0.3, 0.4) is 0 Å². The number of amides is 4. The van der Waals surface area contributed by atoms with Crippen LogP contribution in [0.2, 0.25) is 0 Å². The number of hydrogen-bond acceptors (Lipinski definition) is 3. The van der Waals surface area contributed by atoms with E-state index in [4.69, 9.17) is 5.73 Å². The summed E-state index contributed by atoms with van der Waals surface area (Å²) in [5, 5.41) is 6.42. The minimum Gasteiger partial charge on any atom is -0.361 e. The second kappa shape index (κ2) is 8.51. The number of rotatable bonds is 5. The van der Waals surface area contributed by atoms with E-state index in [1.807, 2.05) is 42.6 Å². The lowest BCUT2D eigenvalue weighted by Gasteiger charge is -2.29. The number of carbonyl (C=O) groups is 3. The molecule has 3 aromatic rings. The maximum Gasteiger partial charge on any atom is 0.312 e. The zero-order chi connectivity index (χ0) is 22.0. The highest BCUT2D eigenvalue weighted by Gasteiger charge is 2.24. The van der Waals surface area contributed by atoms with Gasteiger partial charge in [0.05, 0.1) is 0 Å². The Balaban J connectivity index is 1.54. The van der Waals surface area contributed by atoms with Crippen molar-refractivity contribution in [3.63, 3.8) is 0 Å². The number of anilines is 2. The van der Waals surface area contributed by atoms with Crippen molar-refractivity contribution < 1.29 is 14.4 Å². The van der Waals surface area contributed by atoms with Crippen LogP contribution in [-0.2, 0) is 22.4 Å². The quantitative estimate of drug-likeness (QED) is 0.509. The molecule has 4 amide bonds. The topological polar surface area (TPSA) is 120 Å². The Labute approximate surface area is 179 Å². The molecule has 0 aliphatic carbocycles. The number of urea groups is 1. The van der Waals surface area contributed by atoms with Gasteiger partial charge in [-0.05, 0) is 48.2 Å². The van der Waals surface area contributed by atoms with Crippen molar-refractivity contribution >= 4 is 40.1 Å². The smallest absolute Gasteiger partial charge is 0.312 e. The number of para-hydroxylation sites is 1. The van der Waals surface area contributed by atoms with Gasteiger partial charge in [0, 0.05) is 48.4 Å². The molecule has 4 rings (SSSR count). The third kappa shape index (κ3) is 4.37. The molecule has 0 saturated carbocycles. The van der Waals surface area contributed by atoms with Crippen LogP contribution in [0.15, 0.2) is 48.7 Å². The van der Waals surface area contributed by atoms with E-state index in [0.717, 1.165) is 40.6 Å². The third-order valence-corrected chi connectivity index (χ3v) is 5.58. The van der Waals surface area contributed by atoms with Gasteiger partial charge < -0.3 is 26.3 Å². The highest BCUT2D eigenvalue weighted by atomic mass is 16.2. The van der Waals surface area contributed by atoms with Crippen molar-refractivity contribution in [3.8, 4) is 0 Å². The first-order valence-electron chi connectivity index (χ1n) is 10.2. The van der Waals surface area contributed by atoms with Gasteiger partial charge in [0.1, 0.15) is 6.04 Å². The first-order valence-corrected chi connectivity index (χ1v) is 10.2. The zero-order valence-electron chi connectivity index (χ0n) is 17.3. The number of benzene rings is 2. The summed E-state index contributed by atoms with van der Waals surface area (Å²) in [5.74, 6) is -0.356. The van der Waals surface area contributed by atoms with E-state index in [1.54, 1.807) is 17.9 Å². The lowest BCUT2D eigenvalue weighted by atomic mass is 10.0. The zero-order valence-corrected chi connectivity index (χ0v) is 17.3. The molecule has 0 radical (unpaired) electrons. The van der Waals surface area contributed by atoms with Gasteiger partial charge in [0.15, 0.2) is 0 Å². The Morgan fingerprint density at radius 1 is 1.19 bits per heavy atom. The van der Waals surface area contributed by atoms with E-state index >= 15 is 0 Å². The van der Waals surface area contributed by atoms with Gasteiger partial charge in [0.2, 0.25) is 11.8 Å². The van der Waals surface area contributed by atoms with Crippen molar-refractivity contribution in [1.82, 2.24) is 10.3 Å². The van der Waals surface area contributed by atoms with Gasteiger partial charge in [0.25, 0.3) is 0 Å². The number of H-pyrrole nitrogens is 1. The molecular formula is C23H25N5O3. The molecular weight excluding hydrogens is 394 g/mol. The molecule has 1 unspecified atom stereocenters. The summed E-state index contributed by atoms with van der Waals surface area (Å²) < 4.78 is 0. The number of nitrogens with zero attached hydrogens (tertiary/aromatic N) is 1. The van der Waals surface area contributed by atoms with Gasteiger partial charge in [-0.3, -0.25) is 9.59 Å². The molecule has 0 saturated heterocycles. The van der Waals surface area contributed by atoms with E-state index in [2.05, 4.69) is 15.6 Å². The fourth-order valence-electron chi connectivity index (χ4n) is 4.13. The third-order valence-electron chi connectivity index (χ3n) is 5.58. The number of aryl methyl sites for hydroxylation is 1. The first kappa shape index (κ1) is 20.5. The van der Waals surface area contributed by atoms with Gasteiger partial charge in [-0.1, -0.05) is 18.2 Å². The molecule has 0 spiro atoms. The lowest BCUT2D eigenvalue weighted by Crippen LogP contribution is -2.47. The molecule has 2 heterocycles. The van der Waals surface area contributed by atoms with Crippen molar-refractivity contribution in [1.29, 1.82) is 0 Å². The predicted octanol–water partition coefficient (Wildman–Crippen LogP) is 2.69. The molecule has 2 aromatic carbocycles. The van der Waals surface area contributed by atoms with Crippen molar-refractivity contribution in [2.75, 3.05) is 16.8 Å². The number of aromatic amines is 1. The number of nitrogens with one attached hydrogen (secondary N) is 3. The van der Waals surface area contributed by atoms with Gasteiger partial charge >= 0.3 is 6.03 Å². The van der Waals surface area contributed by atoms with Crippen molar-refractivity contribution in [2.24, 2.45) is 5.73 Å². The van der Waals surface area contributed by atoms with Crippen LogP contribution in [-0.4, -0.2) is 35.4 Å². The van der Waals surface area contributed by atoms with Crippen LogP contribution in [0.25, 0.3) is 10.9 Å². The molecule has 0 fully saturated rings. The summed E-state index contributed by atoms with van der Waals surface area (Å²) in [7, 11) is 0. The first-order chi connectivity index (χ1) is 14.9. The van der Waals surface area contributed by atoms with Crippen LogP contribution >= 0.6 is 0 Å². The SMILES string of the molecule is CC(=O)N1CCCc2cc(NC(=O)C(Cc3c[nH]c4ccccc34)NC(N)=O)ccc21. The lowest BCUT2D eigenvalue weighted by molar-refractivity contribution is -0.118. The molecule has 1 atom stereocenters. The minimum atomic E-state index is -0.832. The number of nitrogens with two attached hydrogens (primary N) is 1. The van der Waals surface area contributed by atoms with E-state index < -0.39 is 12.1 Å². The molecule has 8 nitrogen and oxygen atoms in total. The molecule has 0 bridgehead atoms. The number of aromatic nitrogens is 1. The van der Waals surface area contributed by atoms with Crippen LogP contribution in [0.1, 0.15) is 24.5 Å². The van der Waals surface area contributed by atoms with Gasteiger partial charge in [-0.2, -0.15) is 0 Å². The molecule has 1 aliphatic rings. The Bertz CT molecular complexity index is 1150. The second-order valence-corrected chi connectivity index (χ2v) is 7.73. The average Bonchev–Trinajstić information content (AvgIpc) is 3.15. The van der Waals surface area contributed by atoms with E-state index in [0.29, 0.717) is 18.7 Å². The summed E-state index contributed by atoms with van der Waals surface area (Å²) in [6, 6.07) is 11.7. The van der Waals surface area contributed by atoms with Crippen LogP contribution in [0.4, 0.5) is 16.2 Å². The number of fused-ring (bicyclic) bond motifs is 2. The molecule has 160 valence electrons. The number of hydrogen-bond donors (Lipinski definition) is 4. The average molecular weight is 419 g/mol. The van der Waals surface area contributed by atoms with E-state index in [9.17, 15) is 14.4 Å². The minimum absolute atomic E-state index is 0.00202. The maximum absolute atomic E-state index is 13.0. The molecule has 1 aromatic heterocycles. The van der Waals surface area contributed by atoms with Crippen molar-refractivity contribution in [3.05, 3.63) is 59.8 Å². The van der Waals surface area contributed by atoms with Crippen LogP contribution < -0.4 is 21.3 Å². The Morgan fingerprint density at radius 3 is 2.77 bits per heavy atom. The predicted molar refractivity (Wildman–Crippen MR) is 120 cm³/mol. The van der Waals surface area contributed by atoms with Gasteiger partial charge in [-0.25, -0.2) is 4.79 Å². The van der Waals surface area contributed by atoms with Crippen molar-refractivity contribution in [2.45, 2.75) is 32.2 Å².